The van der Waals surface area contributed by atoms with Gasteiger partial charge in [0.2, 0.25) is 11.8 Å². The topological polar surface area (TPSA) is 65.5 Å². The molecule has 3 heterocycles. The van der Waals surface area contributed by atoms with E-state index in [0.29, 0.717) is 16.8 Å². The van der Waals surface area contributed by atoms with E-state index >= 15 is 0 Å². The van der Waals surface area contributed by atoms with Gasteiger partial charge in [-0.2, -0.15) is 0 Å². The summed E-state index contributed by atoms with van der Waals surface area (Å²) in [6, 6.07) is 10.4. The van der Waals surface area contributed by atoms with Crippen LogP contribution < -0.4 is 5.32 Å². The van der Waals surface area contributed by atoms with Crippen molar-refractivity contribution < 1.29 is 9.59 Å². The first-order valence-electron chi connectivity index (χ1n) is 8.57. The van der Waals surface area contributed by atoms with Gasteiger partial charge in [0.1, 0.15) is 6.54 Å². The summed E-state index contributed by atoms with van der Waals surface area (Å²) < 4.78 is 0. The number of fused-ring (bicyclic) bond motifs is 1. The van der Waals surface area contributed by atoms with Gasteiger partial charge in [-0.15, -0.1) is 23.1 Å². The maximum Gasteiger partial charge on any atom is 0.245 e. The third-order valence-corrected chi connectivity index (χ3v) is 6.41. The summed E-state index contributed by atoms with van der Waals surface area (Å²) in [5.41, 5.74) is 2.39. The van der Waals surface area contributed by atoms with E-state index in [1.807, 2.05) is 6.07 Å². The second-order valence-corrected chi connectivity index (χ2v) is 8.49. The normalized spacial score (nSPS) is 17.4. The maximum atomic E-state index is 12.2. The summed E-state index contributed by atoms with van der Waals surface area (Å²) in [6.45, 7) is 2.86. The van der Waals surface area contributed by atoms with Crippen LogP contribution in [0.15, 0.2) is 30.3 Å². The zero-order chi connectivity index (χ0) is 17.9. The zero-order valence-corrected chi connectivity index (χ0v) is 15.9. The van der Waals surface area contributed by atoms with Crippen LogP contribution in [0, 0.1) is 0 Å². The van der Waals surface area contributed by atoms with E-state index in [-0.39, 0.29) is 18.4 Å². The third kappa shape index (κ3) is 4.08. The Bertz CT molecular complexity index is 809. The maximum absolute atomic E-state index is 12.2. The highest BCUT2D eigenvalue weighted by atomic mass is 32.2. The predicted molar refractivity (Wildman–Crippen MR) is 104 cm³/mol. The van der Waals surface area contributed by atoms with Gasteiger partial charge in [0, 0.05) is 30.9 Å². The lowest BCUT2D eigenvalue weighted by Crippen LogP contribution is -2.34. The third-order valence-electron chi connectivity index (χ3n) is 4.47. The highest BCUT2D eigenvalue weighted by molar-refractivity contribution is 8.00. The van der Waals surface area contributed by atoms with Gasteiger partial charge in [-0.05, 0) is 5.56 Å². The Kier molecular flexibility index (Phi) is 5.23. The van der Waals surface area contributed by atoms with Crippen LogP contribution in [0.25, 0.3) is 0 Å². The average molecular weight is 389 g/mol. The van der Waals surface area contributed by atoms with E-state index in [9.17, 15) is 9.59 Å². The smallest absolute Gasteiger partial charge is 0.245 e. The second-order valence-electron chi connectivity index (χ2n) is 6.45. The van der Waals surface area contributed by atoms with Gasteiger partial charge in [0.15, 0.2) is 5.13 Å². The highest BCUT2D eigenvalue weighted by Gasteiger charge is 2.25. The van der Waals surface area contributed by atoms with Crippen molar-refractivity contribution in [3.63, 3.8) is 0 Å². The molecule has 1 N–H and O–H groups in total. The molecule has 1 aromatic heterocycles. The van der Waals surface area contributed by atoms with Crippen molar-refractivity contribution in [2.75, 3.05) is 30.0 Å². The molecule has 8 heteroatoms. The molecule has 2 aliphatic rings. The molecule has 0 bridgehead atoms. The number of carbonyl (C=O) groups excluding carboxylic acids is 2. The first-order valence-corrected chi connectivity index (χ1v) is 10.5. The van der Waals surface area contributed by atoms with Gasteiger partial charge in [-0.1, -0.05) is 30.3 Å². The molecule has 0 aliphatic carbocycles. The molecule has 0 radical (unpaired) electrons. The highest BCUT2D eigenvalue weighted by Crippen LogP contribution is 2.29. The lowest BCUT2D eigenvalue weighted by Gasteiger charge is -2.25. The Morgan fingerprint density at radius 1 is 1.27 bits per heavy atom. The van der Waals surface area contributed by atoms with Crippen molar-refractivity contribution in [2.24, 2.45) is 0 Å². The Hall–Kier alpha value is -1.90. The summed E-state index contributed by atoms with van der Waals surface area (Å²) >= 11 is 3.08. The summed E-state index contributed by atoms with van der Waals surface area (Å²) in [4.78, 5) is 33.6. The Morgan fingerprint density at radius 3 is 2.88 bits per heavy atom. The number of benzene rings is 1. The summed E-state index contributed by atoms with van der Waals surface area (Å²) in [7, 11) is 0. The summed E-state index contributed by atoms with van der Waals surface area (Å²) in [5.74, 6) is 0.915. The number of hydrogen-bond acceptors (Lipinski definition) is 6. The van der Waals surface area contributed by atoms with Crippen molar-refractivity contribution in [3.8, 4) is 0 Å². The predicted octanol–water partition coefficient (Wildman–Crippen LogP) is 2.17. The van der Waals surface area contributed by atoms with E-state index in [1.54, 1.807) is 16.2 Å². The molecule has 2 aromatic rings. The molecule has 1 aromatic carbocycles. The molecule has 4 rings (SSSR count). The first kappa shape index (κ1) is 17.5. The number of nitrogens with one attached hydrogen (secondary N) is 1. The number of thiazole rings is 1. The van der Waals surface area contributed by atoms with Crippen LogP contribution in [0.5, 0.6) is 0 Å². The molecule has 136 valence electrons. The lowest BCUT2D eigenvalue weighted by molar-refractivity contribution is -0.130. The first-order chi connectivity index (χ1) is 12.7. The van der Waals surface area contributed by atoms with Crippen LogP contribution >= 0.6 is 23.1 Å². The van der Waals surface area contributed by atoms with Crippen LogP contribution in [-0.4, -0.2) is 51.3 Å². The van der Waals surface area contributed by atoms with Gasteiger partial charge >= 0.3 is 0 Å². The second kappa shape index (κ2) is 7.77. The summed E-state index contributed by atoms with van der Waals surface area (Å²) in [5, 5.41) is 3.50. The van der Waals surface area contributed by atoms with Gasteiger partial charge < -0.3 is 10.2 Å². The van der Waals surface area contributed by atoms with Crippen molar-refractivity contribution in [2.45, 2.75) is 19.5 Å². The molecule has 2 amide bonds. The quantitative estimate of drug-likeness (QED) is 0.850. The molecule has 1 saturated heterocycles. The fourth-order valence-corrected chi connectivity index (χ4v) is 5.12. The Labute approximate surface area is 160 Å². The minimum absolute atomic E-state index is 0.0279. The van der Waals surface area contributed by atoms with Gasteiger partial charge in [-0.3, -0.25) is 14.5 Å². The van der Waals surface area contributed by atoms with Crippen molar-refractivity contribution in [1.82, 2.24) is 14.8 Å². The van der Waals surface area contributed by atoms with Crippen LogP contribution in [0.3, 0.4) is 0 Å². The minimum atomic E-state index is -0.173. The van der Waals surface area contributed by atoms with E-state index < -0.39 is 0 Å². The fourth-order valence-electron chi connectivity index (χ4n) is 3.15. The SMILES string of the molecule is O=C(CN1CSCC1=O)Nc1nc2c(s1)CN(Cc1ccccc1)CC2. The summed E-state index contributed by atoms with van der Waals surface area (Å²) in [6.07, 6.45) is 0.899. The lowest BCUT2D eigenvalue weighted by atomic mass is 10.1. The number of anilines is 1. The van der Waals surface area contributed by atoms with Crippen LogP contribution in [0.2, 0.25) is 0 Å². The molecule has 0 saturated carbocycles. The number of thioether (sulfide) groups is 1. The van der Waals surface area contributed by atoms with E-state index in [4.69, 9.17) is 0 Å². The van der Waals surface area contributed by atoms with Gasteiger partial charge in [0.25, 0.3) is 0 Å². The van der Waals surface area contributed by atoms with Crippen LogP contribution in [0.1, 0.15) is 16.1 Å². The van der Waals surface area contributed by atoms with Gasteiger partial charge in [-0.25, -0.2) is 4.98 Å². The van der Waals surface area contributed by atoms with Crippen molar-refractivity contribution in [3.05, 3.63) is 46.5 Å². The van der Waals surface area contributed by atoms with E-state index in [0.717, 1.165) is 31.7 Å². The number of hydrogen-bond donors (Lipinski definition) is 1. The molecular formula is C18H20N4O2S2. The van der Waals surface area contributed by atoms with Crippen molar-refractivity contribution in [1.29, 1.82) is 0 Å². The molecule has 6 nitrogen and oxygen atoms in total. The number of rotatable bonds is 5. The molecule has 0 unspecified atom stereocenters. The van der Waals surface area contributed by atoms with E-state index in [1.165, 1.54) is 22.2 Å². The fraction of sp³-hybridized carbons (Fsp3) is 0.389. The van der Waals surface area contributed by atoms with Crippen LogP contribution in [0.4, 0.5) is 5.13 Å². The number of amides is 2. The molecule has 0 spiro atoms. The molecule has 26 heavy (non-hydrogen) atoms. The van der Waals surface area contributed by atoms with E-state index in [2.05, 4.69) is 39.5 Å². The Morgan fingerprint density at radius 2 is 2.12 bits per heavy atom. The zero-order valence-electron chi connectivity index (χ0n) is 14.3. The monoisotopic (exact) mass is 388 g/mol. The molecule has 1 fully saturated rings. The molecular weight excluding hydrogens is 368 g/mol. The molecule has 0 atom stereocenters. The average Bonchev–Trinajstić information content (AvgIpc) is 3.21. The number of nitrogens with zero attached hydrogens (tertiary/aromatic N) is 3. The largest absolute Gasteiger partial charge is 0.323 e. The van der Waals surface area contributed by atoms with Crippen molar-refractivity contribution >= 4 is 40.0 Å². The number of aromatic nitrogens is 1. The molecule has 2 aliphatic heterocycles. The number of carbonyl (C=O) groups is 2. The van der Waals surface area contributed by atoms with Crippen LogP contribution in [-0.2, 0) is 29.1 Å². The minimum Gasteiger partial charge on any atom is -0.323 e. The standard InChI is InChI=1S/C18H20N4O2S2/c23-16(10-22-12-25-11-17(22)24)20-18-19-14-6-7-21(9-15(14)26-18)8-13-4-2-1-3-5-13/h1-5H,6-12H2,(H,19,20,23). The Balaban J connectivity index is 1.35. The van der Waals surface area contributed by atoms with Gasteiger partial charge in [0.05, 0.1) is 17.3 Å².